The number of nitrogens with zero attached hydrogens (tertiary/aromatic N) is 2. The highest BCUT2D eigenvalue weighted by Gasteiger charge is 2.14. The smallest absolute Gasteiger partial charge is 0.333 e. The van der Waals surface area contributed by atoms with E-state index in [0.29, 0.717) is 0 Å². The van der Waals surface area contributed by atoms with Crippen molar-refractivity contribution < 1.29 is 4.74 Å². The zero-order chi connectivity index (χ0) is 10.9. The SMILES string of the molecule is Cn1c(OCCl)c(Cl)c(=O)n(C)c1=O. The zero-order valence-corrected chi connectivity index (χ0v) is 9.09. The van der Waals surface area contributed by atoms with Crippen molar-refractivity contribution in [2.45, 2.75) is 0 Å². The van der Waals surface area contributed by atoms with Crippen LogP contribution in [-0.4, -0.2) is 15.2 Å². The fourth-order valence-electron chi connectivity index (χ4n) is 0.997. The minimum atomic E-state index is -0.602. The molecule has 1 aromatic heterocycles. The van der Waals surface area contributed by atoms with Crippen molar-refractivity contribution >= 4 is 23.2 Å². The molecule has 0 aliphatic heterocycles. The Hall–Kier alpha value is -0.940. The van der Waals surface area contributed by atoms with E-state index in [1.165, 1.54) is 14.1 Å². The average molecular weight is 239 g/mol. The molecule has 0 radical (unpaired) electrons. The second kappa shape index (κ2) is 4.06. The van der Waals surface area contributed by atoms with E-state index in [0.717, 1.165) is 9.13 Å². The molecule has 0 unspecified atom stereocenters. The molecule has 0 N–H and O–H groups in total. The number of ether oxygens (including phenoxy) is 1. The monoisotopic (exact) mass is 238 g/mol. The van der Waals surface area contributed by atoms with Crippen LogP contribution in [0.2, 0.25) is 5.02 Å². The predicted molar refractivity (Wildman–Crippen MR) is 53.3 cm³/mol. The minimum Gasteiger partial charge on any atom is -0.461 e. The summed E-state index contributed by atoms with van der Waals surface area (Å²) in [5, 5.41) is -0.157. The standard InChI is InChI=1S/C7H8Cl2N2O3/c1-10-5(12)4(9)6(14-3-8)11(2)7(10)13/h3H2,1-2H3. The molecule has 0 aromatic carbocycles. The van der Waals surface area contributed by atoms with Gasteiger partial charge in [0, 0.05) is 14.1 Å². The van der Waals surface area contributed by atoms with E-state index >= 15 is 0 Å². The van der Waals surface area contributed by atoms with E-state index in [9.17, 15) is 9.59 Å². The van der Waals surface area contributed by atoms with Gasteiger partial charge in [0.25, 0.3) is 5.56 Å². The van der Waals surface area contributed by atoms with Gasteiger partial charge in [-0.1, -0.05) is 23.2 Å². The molecular formula is C7H8Cl2N2O3. The van der Waals surface area contributed by atoms with Crippen molar-refractivity contribution in [1.82, 2.24) is 9.13 Å². The summed E-state index contributed by atoms with van der Waals surface area (Å²) in [5.41, 5.74) is -1.12. The molecule has 0 aliphatic rings. The van der Waals surface area contributed by atoms with Gasteiger partial charge >= 0.3 is 5.69 Å². The topological polar surface area (TPSA) is 53.2 Å². The van der Waals surface area contributed by atoms with E-state index in [2.05, 4.69) is 0 Å². The maximum atomic E-state index is 11.4. The number of aromatic nitrogens is 2. The van der Waals surface area contributed by atoms with Gasteiger partial charge in [0.15, 0.2) is 11.1 Å². The summed E-state index contributed by atoms with van der Waals surface area (Å²) in [5.74, 6) is -0.0187. The third-order valence-electron chi connectivity index (χ3n) is 1.75. The summed E-state index contributed by atoms with van der Waals surface area (Å²) < 4.78 is 6.88. The zero-order valence-electron chi connectivity index (χ0n) is 7.58. The number of hydrogen-bond acceptors (Lipinski definition) is 3. The quantitative estimate of drug-likeness (QED) is 0.698. The molecule has 0 aliphatic carbocycles. The number of alkyl halides is 1. The lowest BCUT2D eigenvalue weighted by Gasteiger charge is -2.10. The third-order valence-corrected chi connectivity index (χ3v) is 2.18. The van der Waals surface area contributed by atoms with Crippen LogP contribution >= 0.6 is 23.2 Å². The first-order chi connectivity index (χ1) is 6.50. The normalized spacial score (nSPS) is 10.3. The van der Waals surface area contributed by atoms with Crippen LogP contribution in [0.1, 0.15) is 0 Å². The molecule has 0 amide bonds. The van der Waals surface area contributed by atoms with Crippen molar-refractivity contribution in [3.8, 4) is 5.88 Å². The van der Waals surface area contributed by atoms with Gasteiger partial charge in [0.2, 0.25) is 5.88 Å². The van der Waals surface area contributed by atoms with Crippen LogP contribution in [0.3, 0.4) is 0 Å². The van der Waals surface area contributed by atoms with E-state index < -0.39 is 11.2 Å². The molecule has 5 nitrogen and oxygen atoms in total. The Morgan fingerprint density at radius 1 is 1.29 bits per heavy atom. The van der Waals surface area contributed by atoms with Gasteiger partial charge < -0.3 is 4.74 Å². The number of hydrogen-bond donors (Lipinski definition) is 0. The van der Waals surface area contributed by atoms with Crippen LogP contribution in [0.5, 0.6) is 5.88 Å². The summed E-state index contributed by atoms with van der Waals surface area (Å²) in [6, 6.07) is -0.180. The largest absolute Gasteiger partial charge is 0.461 e. The van der Waals surface area contributed by atoms with E-state index in [1.807, 2.05) is 0 Å². The number of halogens is 2. The lowest BCUT2D eigenvalue weighted by atomic mass is 10.6. The Labute approximate surface area is 89.4 Å². The van der Waals surface area contributed by atoms with Gasteiger partial charge in [0.05, 0.1) is 0 Å². The van der Waals surface area contributed by atoms with Gasteiger partial charge in [-0.15, -0.1) is 0 Å². The molecule has 7 heteroatoms. The molecule has 14 heavy (non-hydrogen) atoms. The van der Waals surface area contributed by atoms with Crippen LogP contribution in [-0.2, 0) is 14.1 Å². The highest BCUT2D eigenvalue weighted by atomic mass is 35.5. The Bertz CT molecular complexity index is 426. The van der Waals surface area contributed by atoms with Crippen molar-refractivity contribution in [2.75, 3.05) is 6.07 Å². The lowest BCUT2D eigenvalue weighted by Crippen LogP contribution is -2.37. The molecule has 78 valence electrons. The summed E-state index contributed by atoms with van der Waals surface area (Å²) in [6.45, 7) is 0. The Kier molecular flexibility index (Phi) is 3.23. The molecular weight excluding hydrogens is 231 g/mol. The van der Waals surface area contributed by atoms with E-state index in [-0.39, 0.29) is 17.0 Å². The van der Waals surface area contributed by atoms with Crippen LogP contribution < -0.4 is 16.0 Å². The third kappa shape index (κ3) is 1.65. The van der Waals surface area contributed by atoms with Crippen LogP contribution in [0.25, 0.3) is 0 Å². The van der Waals surface area contributed by atoms with Crippen molar-refractivity contribution in [3.63, 3.8) is 0 Å². The first-order valence-corrected chi connectivity index (χ1v) is 4.56. The summed E-state index contributed by atoms with van der Waals surface area (Å²) >= 11 is 11.0. The van der Waals surface area contributed by atoms with Crippen molar-refractivity contribution in [3.05, 3.63) is 25.9 Å². The van der Waals surface area contributed by atoms with Gasteiger partial charge in [-0.25, -0.2) is 4.79 Å². The van der Waals surface area contributed by atoms with Crippen molar-refractivity contribution in [2.24, 2.45) is 14.1 Å². The summed E-state index contributed by atoms with van der Waals surface area (Å²) in [7, 11) is 2.77. The molecule has 1 aromatic rings. The fourth-order valence-corrected chi connectivity index (χ4v) is 1.41. The number of rotatable bonds is 2. The highest BCUT2D eigenvalue weighted by Crippen LogP contribution is 2.16. The molecule has 0 atom stereocenters. The van der Waals surface area contributed by atoms with Gasteiger partial charge in [0.1, 0.15) is 0 Å². The Morgan fingerprint density at radius 3 is 2.36 bits per heavy atom. The van der Waals surface area contributed by atoms with Gasteiger partial charge in [-0.2, -0.15) is 0 Å². The maximum absolute atomic E-state index is 11.4. The maximum Gasteiger partial charge on any atom is 0.333 e. The molecule has 1 rings (SSSR count). The summed E-state index contributed by atoms with van der Waals surface area (Å²) in [4.78, 5) is 22.7. The molecule has 0 fully saturated rings. The molecule has 0 bridgehead atoms. The second-order valence-corrected chi connectivity index (χ2v) is 3.17. The Morgan fingerprint density at radius 2 is 1.86 bits per heavy atom. The first kappa shape index (κ1) is 11.1. The molecule has 0 saturated carbocycles. The molecule has 1 heterocycles. The van der Waals surface area contributed by atoms with Crippen molar-refractivity contribution in [1.29, 1.82) is 0 Å². The highest BCUT2D eigenvalue weighted by molar-refractivity contribution is 6.31. The minimum absolute atomic E-state index is 0.0187. The van der Waals surface area contributed by atoms with E-state index in [4.69, 9.17) is 27.9 Å². The average Bonchev–Trinajstić information content (AvgIpc) is 2.19. The van der Waals surface area contributed by atoms with Crippen LogP contribution in [0.15, 0.2) is 9.59 Å². The van der Waals surface area contributed by atoms with Gasteiger partial charge in [-0.3, -0.25) is 13.9 Å². The molecule has 0 saturated heterocycles. The first-order valence-electron chi connectivity index (χ1n) is 3.65. The van der Waals surface area contributed by atoms with Gasteiger partial charge in [-0.05, 0) is 0 Å². The molecule has 0 spiro atoms. The second-order valence-electron chi connectivity index (χ2n) is 2.58. The fraction of sp³-hybridized carbons (Fsp3) is 0.429. The van der Waals surface area contributed by atoms with E-state index in [1.54, 1.807) is 0 Å². The lowest BCUT2D eigenvalue weighted by molar-refractivity contribution is 0.346. The predicted octanol–water partition coefficient (Wildman–Crippen LogP) is 0.312. The van der Waals surface area contributed by atoms with Crippen LogP contribution in [0, 0.1) is 0 Å². The van der Waals surface area contributed by atoms with Crippen LogP contribution in [0.4, 0.5) is 0 Å². The Balaban J connectivity index is 3.60. The summed E-state index contributed by atoms with van der Waals surface area (Å²) in [6.07, 6.45) is 0.